The van der Waals surface area contributed by atoms with Crippen molar-refractivity contribution >= 4 is 16.0 Å². The summed E-state index contributed by atoms with van der Waals surface area (Å²) in [7, 11) is -1.62. The molecule has 0 saturated carbocycles. The van der Waals surface area contributed by atoms with E-state index in [9.17, 15) is 18.3 Å². The van der Waals surface area contributed by atoms with E-state index in [0.717, 1.165) is 37.1 Å². The lowest BCUT2D eigenvalue weighted by Gasteiger charge is -2.25. The topological polar surface area (TPSA) is 105 Å². The van der Waals surface area contributed by atoms with Gasteiger partial charge in [-0.25, -0.2) is 17.5 Å². The number of aromatic carboxylic acids is 1. The number of aromatic nitrogens is 2. The maximum atomic E-state index is 11.4. The third-order valence-electron chi connectivity index (χ3n) is 4.41. The number of carboxylic acids is 1. The van der Waals surface area contributed by atoms with Gasteiger partial charge in [-0.3, -0.25) is 4.68 Å². The highest BCUT2D eigenvalue weighted by molar-refractivity contribution is 7.88. The van der Waals surface area contributed by atoms with Gasteiger partial charge in [0.05, 0.1) is 6.26 Å². The summed E-state index contributed by atoms with van der Waals surface area (Å²) in [6.45, 7) is 3.70. The lowest BCUT2D eigenvalue weighted by molar-refractivity contribution is 0.0688. The zero-order chi connectivity index (χ0) is 17.9. The van der Waals surface area contributed by atoms with Crippen molar-refractivity contribution in [1.29, 1.82) is 0 Å². The Morgan fingerprint density at radius 2 is 2.21 bits per heavy atom. The molecule has 0 amide bonds. The van der Waals surface area contributed by atoms with Crippen molar-refractivity contribution in [3.8, 4) is 0 Å². The molecule has 0 fully saturated rings. The van der Waals surface area contributed by atoms with E-state index >= 15 is 0 Å². The Morgan fingerprint density at radius 1 is 1.50 bits per heavy atom. The molecular formula is C15H26N4O4S. The molecular weight excluding hydrogens is 332 g/mol. The summed E-state index contributed by atoms with van der Waals surface area (Å²) in [5.41, 5.74) is 2.00. The molecule has 1 unspecified atom stereocenters. The van der Waals surface area contributed by atoms with Gasteiger partial charge < -0.3 is 10.4 Å². The summed E-state index contributed by atoms with van der Waals surface area (Å²) >= 11 is 0. The number of likely N-dealkylation sites (N-methyl/N-ethyl adjacent to an activating group) is 1. The monoisotopic (exact) mass is 358 g/mol. The second-order valence-corrected chi connectivity index (χ2v) is 8.37. The van der Waals surface area contributed by atoms with Gasteiger partial charge in [-0.1, -0.05) is 6.92 Å². The van der Waals surface area contributed by atoms with Gasteiger partial charge in [0.1, 0.15) is 0 Å². The average molecular weight is 358 g/mol. The Kier molecular flexibility index (Phi) is 6.00. The molecule has 0 saturated heterocycles. The fraction of sp³-hybridized carbons (Fsp3) is 0.733. The highest BCUT2D eigenvalue weighted by Gasteiger charge is 2.28. The zero-order valence-electron chi connectivity index (χ0n) is 14.4. The van der Waals surface area contributed by atoms with Crippen LogP contribution in [0.5, 0.6) is 0 Å². The van der Waals surface area contributed by atoms with Crippen LogP contribution in [0.25, 0.3) is 0 Å². The van der Waals surface area contributed by atoms with E-state index in [4.69, 9.17) is 0 Å². The largest absolute Gasteiger partial charge is 0.476 e. The van der Waals surface area contributed by atoms with E-state index in [2.05, 4.69) is 10.4 Å². The molecule has 1 aromatic rings. The summed E-state index contributed by atoms with van der Waals surface area (Å²) in [5, 5.41) is 17.0. The van der Waals surface area contributed by atoms with Crippen LogP contribution in [0, 0.1) is 0 Å². The normalized spacial score (nSPS) is 17.9. The minimum atomic E-state index is -3.17. The molecule has 1 heterocycles. The zero-order valence-corrected chi connectivity index (χ0v) is 15.3. The van der Waals surface area contributed by atoms with Crippen LogP contribution < -0.4 is 5.32 Å². The molecule has 1 aromatic heterocycles. The number of aryl methyl sites for hydroxylation is 1. The highest BCUT2D eigenvalue weighted by Crippen LogP contribution is 2.25. The first-order valence-electron chi connectivity index (χ1n) is 8.20. The van der Waals surface area contributed by atoms with Crippen molar-refractivity contribution in [3.05, 3.63) is 17.0 Å². The molecule has 136 valence electrons. The summed E-state index contributed by atoms with van der Waals surface area (Å²) in [6, 6.07) is 0.142. The summed E-state index contributed by atoms with van der Waals surface area (Å²) in [4.78, 5) is 11.4. The van der Waals surface area contributed by atoms with Crippen molar-refractivity contribution in [2.24, 2.45) is 0 Å². The molecule has 0 spiro atoms. The molecule has 0 radical (unpaired) electrons. The van der Waals surface area contributed by atoms with Gasteiger partial charge in [0, 0.05) is 44.0 Å². The van der Waals surface area contributed by atoms with Crippen molar-refractivity contribution in [1.82, 2.24) is 19.4 Å². The maximum absolute atomic E-state index is 11.4. The number of nitrogens with zero attached hydrogens (tertiary/aromatic N) is 3. The minimum absolute atomic E-state index is 0.142. The standard InChI is InChI=1S/C15H26N4O4S/c1-4-8-19-13-6-5-11(10-12(13)14(17-19)15(20)21)16-7-9-18(2)24(3,22)23/h11,16H,4-10H2,1-3H3,(H,20,21). The van der Waals surface area contributed by atoms with Crippen LogP contribution in [0.15, 0.2) is 0 Å². The van der Waals surface area contributed by atoms with Crippen LogP contribution in [0.1, 0.15) is 41.5 Å². The van der Waals surface area contributed by atoms with Gasteiger partial charge in [-0.15, -0.1) is 0 Å². The molecule has 8 nitrogen and oxygen atoms in total. The SMILES string of the molecule is CCCn1nc(C(=O)O)c2c1CCC(NCCN(C)S(C)(=O)=O)C2. The van der Waals surface area contributed by atoms with E-state index in [1.807, 2.05) is 11.6 Å². The Hall–Kier alpha value is -1.45. The fourth-order valence-corrected chi connectivity index (χ4v) is 3.45. The van der Waals surface area contributed by atoms with Crippen molar-refractivity contribution in [2.45, 2.75) is 45.2 Å². The number of carbonyl (C=O) groups is 1. The van der Waals surface area contributed by atoms with Gasteiger partial charge in [0.25, 0.3) is 0 Å². The summed E-state index contributed by atoms with van der Waals surface area (Å²) in [6.07, 6.45) is 4.39. The van der Waals surface area contributed by atoms with Gasteiger partial charge in [-0.05, 0) is 25.7 Å². The Morgan fingerprint density at radius 3 is 2.79 bits per heavy atom. The quantitative estimate of drug-likeness (QED) is 0.694. The maximum Gasteiger partial charge on any atom is 0.356 e. The average Bonchev–Trinajstić information content (AvgIpc) is 2.85. The van der Waals surface area contributed by atoms with Crippen molar-refractivity contribution in [2.75, 3.05) is 26.4 Å². The Labute approximate surface area is 142 Å². The van der Waals surface area contributed by atoms with Crippen molar-refractivity contribution in [3.63, 3.8) is 0 Å². The van der Waals surface area contributed by atoms with Crippen LogP contribution in [0.2, 0.25) is 0 Å². The number of rotatable bonds is 8. The molecule has 2 rings (SSSR count). The third-order valence-corrected chi connectivity index (χ3v) is 5.73. The van der Waals surface area contributed by atoms with E-state index in [1.165, 1.54) is 10.6 Å². The second-order valence-electron chi connectivity index (χ2n) is 6.28. The van der Waals surface area contributed by atoms with E-state index in [1.54, 1.807) is 7.05 Å². The van der Waals surface area contributed by atoms with Crippen LogP contribution in [0.4, 0.5) is 0 Å². The molecule has 1 aliphatic carbocycles. The molecule has 0 bridgehead atoms. The molecule has 2 N–H and O–H groups in total. The van der Waals surface area contributed by atoms with Crippen LogP contribution >= 0.6 is 0 Å². The van der Waals surface area contributed by atoms with Gasteiger partial charge >= 0.3 is 5.97 Å². The second kappa shape index (κ2) is 7.62. The van der Waals surface area contributed by atoms with Crippen LogP contribution in [0.3, 0.4) is 0 Å². The Bertz CT molecular complexity index is 699. The molecule has 9 heteroatoms. The predicted octanol–water partition coefficient (Wildman–Crippen LogP) is 0.330. The van der Waals surface area contributed by atoms with E-state index in [0.29, 0.717) is 19.5 Å². The molecule has 0 aromatic carbocycles. The smallest absolute Gasteiger partial charge is 0.356 e. The van der Waals surface area contributed by atoms with Gasteiger partial charge in [-0.2, -0.15) is 5.10 Å². The first kappa shape index (κ1) is 18.9. The van der Waals surface area contributed by atoms with Gasteiger partial charge in [0.15, 0.2) is 5.69 Å². The Balaban J connectivity index is 2.02. The molecule has 24 heavy (non-hydrogen) atoms. The third kappa shape index (κ3) is 4.34. The minimum Gasteiger partial charge on any atom is -0.476 e. The molecule has 1 atom stereocenters. The summed E-state index contributed by atoms with van der Waals surface area (Å²) in [5.74, 6) is -0.987. The summed E-state index contributed by atoms with van der Waals surface area (Å²) < 4.78 is 25.9. The lowest BCUT2D eigenvalue weighted by atomic mass is 9.91. The van der Waals surface area contributed by atoms with E-state index < -0.39 is 16.0 Å². The lowest BCUT2D eigenvalue weighted by Crippen LogP contribution is -2.40. The predicted molar refractivity (Wildman–Crippen MR) is 90.8 cm³/mol. The fourth-order valence-electron chi connectivity index (χ4n) is 3.02. The van der Waals surface area contributed by atoms with E-state index in [-0.39, 0.29) is 11.7 Å². The number of hydrogen-bond donors (Lipinski definition) is 2. The number of fused-ring (bicyclic) bond motifs is 1. The molecule has 0 aliphatic heterocycles. The number of sulfonamides is 1. The van der Waals surface area contributed by atoms with Crippen molar-refractivity contribution < 1.29 is 18.3 Å². The molecule has 1 aliphatic rings. The first-order chi connectivity index (χ1) is 11.2. The first-order valence-corrected chi connectivity index (χ1v) is 10.1. The number of carboxylic acid groups (broad SMARTS) is 1. The number of nitrogens with one attached hydrogen (secondary N) is 1. The highest BCUT2D eigenvalue weighted by atomic mass is 32.2. The van der Waals surface area contributed by atoms with Gasteiger partial charge in [0.2, 0.25) is 10.0 Å². The van der Waals surface area contributed by atoms with Crippen LogP contribution in [-0.2, 0) is 29.4 Å². The van der Waals surface area contributed by atoms with Crippen LogP contribution in [-0.4, -0.2) is 66.0 Å². The number of hydrogen-bond acceptors (Lipinski definition) is 5.